The molecule has 1 aromatic rings. The Bertz CT molecular complexity index is 417. The van der Waals surface area contributed by atoms with Crippen LogP contribution in [0, 0.1) is 5.41 Å². The van der Waals surface area contributed by atoms with Crippen LogP contribution in [-0.4, -0.2) is 40.0 Å². The zero-order valence-corrected chi connectivity index (χ0v) is 10.2. The number of hydrogen-bond acceptors (Lipinski definition) is 5. The van der Waals surface area contributed by atoms with Crippen molar-refractivity contribution < 1.29 is 9.53 Å². The molecule has 6 nitrogen and oxygen atoms in total. The van der Waals surface area contributed by atoms with Crippen LogP contribution in [0.15, 0.2) is 6.20 Å². The molecule has 1 fully saturated rings. The maximum atomic E-state index is 12.5. The molecular weight excluding hydrogens is 220 g/mol. The second-order valence-corrected chi connectivity index (χ2v) is 4.71. The third-order valence-corrected chi connectivity index (χ3v) is 3.32. The minimum absolute atomic E-state index is 0.0269. The second-order valence-electron chi connectivity index (χ2n) is 4.71. The van der Waals surface area contributed by atoms with Crippen molar-refractivity contribution in [3.05, 3.63) is 11.9 Å². The molecule has 2 unspecified atom stereocenters. The van der Waals surface area contributed by atoms with Crippen LogP contribution in [0.25, 0.3) is 0 Å². The Morgan fingerprint density at radius 1 is 1.76 bits per heavy atom. The summed E-state index contributed by atoms with van der Waals surface area (Å²) in [5.74, 6) is -0.0269. The average Bonchev–Trinajstić information content (AvgIpc) is 2.88. The van der Waals surface area contributed by atoms with Crippen LogP contribution in [-0.2, 0) is 11.3 Å². The van der Waals surface area contributed by atoms with E-state index in [9.17, 15) is 4.79 Å². The van der Waals surface area contributed by atoms with Crippen molar-refractivity contribution in [1.29, 1.82) is 0 Å². The van der Waals surface area contributed by atoms with Crippen molar-refractivity contribution >= 4 is 5.78 Å². The molecule has 0 bridgehead atoms. The van der Waals surface area contributed by atoms with Crippen molar-refractivity contribution in [3.63, 3.8) is 0 Å². The van der Waals surface area contributed by atoms with E-state index in [-0.39, 0.29) is 11.8 Å². The number of nitrogens with zero attached hydrogens (tertiary/aromatic N) is 3. The number of carbonyl (C=O) groups excluding carboxylic acids is 1. The number of hydrogen-bond donors (Lipinski definition) is 1. The van der Waals surface area contributed by atoms with Crippen molar-refractivity contribution in [2.24, 2.45) is 11.1 Å². The summed E-state index contributed by atoms with van der Waals surface area (Å²) in [6.45, 7) is 5.35. The van der Waals surface area contributed by atoms with E-state index in [1.807, 2.05) is 13.8 Å². The summed E-state index contributed by atoms with van der Waals surface area (Å²) in [4.78, 5) is 12.5. The van der Waals surface area contributed by atoms with Gasteiger partial charge in [-0.1, -0.05) is 12.1 Å². The van der Waals surface area contributed by atoms with Gasteiger partial charge in [0.1, 0.15) is 5.69 Å². The molecule has 0 amide bonds. The first-order valence-electron chi connectivity index (χ1n) is 5.86. The summed E-state index contributed by atoms with van der Waals surface area (Å²) in [7, 11) is 0. The molecule has 0 aliphatic carbocycles. The molecule has 6 heteroatoms. The van der Waals surface area contributed by atoms with Gasteiger partial charge in [0, 0.05) is 12.6 Å². The summed E-state index contributed by atoms with van der Waals surface area (Å²) in [6, 6.07) is -0.264. The summed E-state index contributed by atoms with van der Waals surface area (Å²) >= 11 is 0. The van der Waals surface area contributed by atoms with Gasteiger partial charge >= 0.3 is 0 Å². The number of Topliss-reactive ketones (excluding diaryl/α,β-unsaturated/α-hetero) is 1. The molecule has 2 rings (SSSR count). The highest BCUT2D eigenvalue weighted by Gasteiger charge is 2.45. The number of ether oxygens (including phenoxy) is 1. The van der Waals surface area contributed by atoms with Gasteiger partial charge < -0.3 is 10.5 Å². The molecule has 2 heterocycles. The van der Waals surface area contributed by atoms with Gasteiger partial charge in [0.05, 0.1) is 24.8 Å². The summed E-state index contributed by atoms with van der Waals surface area (Å²) in [5, 5.41) is 7.72. The SMILES string of the molecule is CCCn1nncc1C(=O)C1(C)COCC1N. The van der Waals surface area contributed by atoms with E-state index in [0.29, 0.717) is 25.5 Å². The second kappa shape index (κ2) is 4.54. The zero-order chi connectivity index (χ0) is 12.5. The minimum atomic E-state index is -0.660. The van der Waals surface area contributed by atoms with Gasteiger partial charge in [-0.15, -0.1) is 5.10 Å². The summed E-state index contributed by atoms with van der Waals surface area (Å²) < 4.78 is 6.93. The first-order valence-corrected chi connectivity index (χ1v) is 5.86. The highest BCUT2D eigenvalue weighted by Crippen LogP contribution is 2.30. The number of carbonyl (C=O) groups is 1. The van der Waals surface area contributed by atoms with Crippen LogP contribution in [0.1, 0.15) is 30.8 Å². The molecule has 2 N–H and O–H groups in total. The molecule has 1 aliphatic heterocycles. The van der Waals surface area contributed by atoms with Gasteiger partial charge in [0.15, 0.2) is 5.78 Å². The fourth-order valence-corrected chi connectivity index (χ4v) is 2.03. The third kappa shape index (κ3) is 1.98. The van der Waals surface area contributed by atoms with Crippen LogP contribution in [0.3, 0.4) is 0 Å². The maximum Gasteiger partial charge on any atom is 0.192 e. The Kier molecular flexibility index (Phi) is 3.26. The number of rotatable bonds is 4. The predicted molar refractivity (Wildman–Crippen MR) is 61.5 cm³/mol. The normalized spacial score (nSPS) is 28.5. The van der Waals surface area contributed by atoms with E-state index in [1.165, 1.54) is 6.20 Å². The monoisotopic (exact) mass is 238 g/mol. The molecule has 0 aromatic carbocycles. The van der Waals surface area contributed by atoms with E-state index < -0.39 is 5.41 Å². The lowest BCUT2D eigenvalue weighted by Crippen LogP contribution is -2.45. The average molecular weight is 238 g/mol. The van der Waals surface area contributed by atoms with Gasteiger partial charge in [-0.05, 0) is 13.3 Å². The molecule has 17 heavy (non-hydrogen) atoms. The Labute approximate surface area is 100 Å². The standard InChI is InChI=1S/C11H18N4O2/c1-3-4-15-8(5-13-14-15)10(16)11(2)7-17-6-9(11)12/h5,9H,3-4,6-7,12H2,1-2H3. The fourth-order valence-electron chi connectivity index (χ4n) is 2.03. The highest BCUT2D eigenvalue weighted by molar-refractivity contribution is 5.99. The van der Waals surface area contributed by atoms with E-state index >= 15 is 0 Å². The minimum Gasteiger partial charge on any atom is -0.379 e. The number of aryl methyl sites for hydroxylation is 1. The highest BCUT2D eigenvalue weighted by atomic mass is 16.5. The quantitative estimate of drug-likeness (QED) is 0.759. The summed E-state index contributed by atoms with van der Waals surface area (Å²) in [5.41, 5.74) is 5.81. The molecule has 2 atom stereocenters. The number of ketones is 1. The lowest BCUT2D eigenvalue weighted by molar-refractivity contribution is 0.0755. The smallest absolute Gasteiger partial charge is 0.192 e. The molecule has 0 radical (unpaired) electrons. The van der Waals surface area contributed by atoms with Gasteiger partial charge in [-0.3, -0.25) is 4.79 Å². The van der Waals surface area contributed by atoms with Gasteiger partial charge in [0.25, 0.3) is 0 Å². The van der Waals surface area contributed by atoms with Gasteiger partial charge in [-0.2, -0.15) is 0 Å². The fraction of sp³-hybridized carbons (Fsp3) is 0.727. The predicted octanol–water partition coefficient (Wildman–Crippen LogP) is 0.235. The van der Waals surface area contributed by atoms with Crippen molar-refractivity contribution in [3.8, 4) is 0 Å². The first kappa shape index (κ1) is 12.2. The Morgan fingerprint density at radius 2 is 2.53 bits per heavy atom. The zero-order valence-electron chi connectivity index (χ0n) is 10.2. The first-order chi connectivity index (χ1) is 8.09. The lowest BCUT2D eigenvalue weighted by Gasteiger charge is -2.24. The van der Waals surface area contributed by atoms with Crippen LogP contribution in [0.5, 0.6) is 0 Å². The van der Waals surface area contributed by atoms with Crippen LogP contribution < -0.4 is 5.73 Å². The summed E-state index contributed by atoms with van der Waals surface area (Å²) in [6.07, 6.45) is 2.41. The van der Waals surface area contributed by atoms with Crippen LogP contribution in [0.2, 0.25) is 0 Å². The Balaban J connectivity index is 2.27. The molecule has 1 aliphatic rings. The van der Waals surface area contributed by atoms with Crippen LogP contribution in [0.4, 0.5) is 0 Å². The molecular formula is C11H18N4O2. The third-order valence-electron chi connectivity index (χ3n) is 3.32. The molecule has 1 aromatic heterocycles. The maximum absolute atomic E-state index is 12.5. The number of aromatic nitrogens is 3. The molecule has 0 spiro atoms. The molecule has 1 saturated heterocycles. The van der Waals surface area contributed by atoms with Crippen LogP contribution >= 0.6 is 0 Å². The van der Waals surface area contributed by atoms with E-state index in [4.69, 9.17) is 10.5 Å². The molecule has 94 valence electrons. The van der Waals surface area contributed by atoms with Crippen molar-refractivity contribution in [1.82, 2.24) is 15.0 Å². The lowest BCUT2D eigenvalue weighted by atomic mass is 9.80. The Morgan fingerprint density at radius 3 is 3.12 bits per heavy atom. The number of nitrogens with two attached hydrogens (primary N) is 1. The largest absolute Gasteiger partial charge is 0.379 e. The topological polar surface area (TPSA) is 83.0 Å². The van der Waals surface area contributed by atoms with Crippen molar-refractivity contribution in [2.45, 2.75) is 32.9 Å². The molecule has 0 saturated carbocycles. The van der Waals surface area contributed by atoms with E-state index in [1.54, 1.807) is 4.68 Å². The van der Waals surface area contributed by atoms with Gasteiger partial charge in [0.2, 0.25) is 0 Å². The Hall–Kier alpha value is -1.27. The van der Waals surface area contributed by atoms with E-state index in [0.717, 1.165) is 6.42 Å². The van der Waals surface area contributed by atoms with Gasteiger partial charge in [-0.25, -0.2) is 4.68 Å². The van der Waals surface area contributed by atoms with E-state index in [2.05, 4.69) is 10.3 Å². The van der Waals surface area contributed by atoms with Crippen molar-refractivity contribution in [2.75, 3.05) is 13.2 Å².